The van der Waals surface area contributed by atoms with Crippen LogP contribution < -0.4 is 0 Å². The van der Waals surface area contributed by atoms with Gasteiger partial charge in [-0.1, -0.05) is 0 Å². The molecule has 19 heavy (non-hydrogen) atoms. The van der Waals surface area contributed by atoms with Crippen LogP contribution in [0.15, 0.2) is 22.9 Å². The summed E-state index contributed by atoms with van der Waals surface area (Å²) in [5.74, 6) is 0. The molecule has 0 amide bonds. The number of fused-ring (bicyclic) bond motifs is 1. The summed E-state index contributed by atoms with van der Waals surface area (Å²) in [7, 11) is 0. The minimum Gasteiger partial charge on any atom is -0.393 e. The minimum absolute atomic E-state index is 0.214. The van der Waals surface area contributed by atoms with Gasteiger partial charge in [-0.25, -0.2) is 0 Å². The maximum Gasteiger partial charge on any atom is 0.0843 e. The smallest absolute Gasteiger partial charge is 0.0843 e. The predicted molar refractivity (Wildman–Crippen MR) is 76.0 cm³/mol. The van der Waals surface area contributed by atoms with Crippen molar-refractivity contribution in [1.29, 1.82) is 0 Å². The number of pyridine rings is 1. The molecule has 1 aliphatic rings. The van der Waals surface area contributed by atoms with Crippen LogP contribution >= 0.6 is 15.9 Å². The van der Waals surface area contributed by atoms with Gasteiger partial charge in [0.1, 0.15) is 0 Å². The third-order valence-corrected chi connectivity index (χ3v) is 4.64. The van der Waals surface area contributed by atoms with E-state index in [9.17, 15) is 5.11 Å². The maximum atomic E-state index is 9.68. The highest BCUT2D eigenvalue weighted by molar-refractivity contribution is 9.10. The van der Waals surface area contributed by atoms with Crippen molar-refractivity contribution in [2.24, 2.45) is 0 Å². The van der Waals surface area contributed by atoms with E-state index in [4.69, 9.17) is 0 Å². The second kappa shape index (κ2) is 5.06. The van der Waals surface area contributed by atoms with E-state index in [2.05, 4.69) is 32.9 Å². The lowest BCUT2D eigenvalue weighted by atomic mass is 9.96. The zero-order valence-electron chi connectivity index (χ0n) is 10.8. The summed E-state index contributed by atoms with van der Waals surface area (Å²) in [5.41, 5.74) is 4.45. The van der Waals surface area contributed by atoms with Gasteiger partial charge in [0.25, 0.3) is 0 Å². The standard InChI is InChI=1S/C14H16BrN3O/c1-9-4-5-16-13(14(9)15)8-18-7-10-6-11(19)2-3-12(10)17-18/h4-5,7,11,19H,2-3,6,8H2,1H3. The van der Waals surface area contributed by atoms with Crippen LogP contribution in [0.4, 0.5) is 0 Å². The van der Waals surface area contributed by atoms with E-state index in [1.54, 1.807) is 0 Å². The molecule has 2 aromatic heterocycles. The zero-order chi connectivity index (χ0) is 13.4. The monoisotopic (exact) mass is 321 g/mol. The summed E-state index contributed by atoms with van der Waals surface area (Å²) in [6, 6.07) is 1.98. The van der Waals surface area contributed by atoms with Crippen molar-refractivity contribution < 1.29 is 5.11 Å². The Morgan fingerprint density at radius 3 is 3.21 bits per heavy atom. The second-order valence-electron chi connectivity index (χ2n) is 5.08. The number of rotatable bonds is 2. The maximum absolute atomic E-state index is 9.68. The molecule has 0 aliphatic heterocycles. The summed E-state index contributed by atoms with van der Waals surface area (Å²) >= 11 is 3.58. The molecular formula is C14H16BrN3O. The van der Waals surface area contributed by atoms with Gasteiger partial charge in [0.15, 0.2) is 0 Å². The highest BCUT2D eigenvalue weighted by atomic mass is 79.9. The molecule has 0 saturated heterocycles. The van der Waals surface area contributed by atoms with E-state index in [-0.39, 0.29) is 6.10 Å². The molecule has 5 heteroatoms. The Bertz CT molecular complexity index is 609. The normalized spacial score (nSPS) is 18.4. The first-order valence-corrected chi connectivity index (χ1v) is 7.26. The van der Waals surface area contributed by atoms with Crippen LogP contribution in [-0.4, -0.2) is 26.0 Å². The van der Waals surface area contributed by atoms with Gasteiger partial charge in [0, 0.05) is 23.3 Å². The molecule has 100 valence electrons. The van der Waals surface area contributed by atoms with Gasteiger partial charge in [0.2, 0.25) is 0 Å². The lowest BCUT2D eigenvalue weighted by Crippen LogP contribution is -2.17. The SMILES string of the molecule is Cc1ccnc(Cn2cc3c(n2)CCC(O)C3)c1Br. The van der Waals surface area contributed by atoms with E-state index in [1.807, 2.05) is 23.1 Å². The number of hydrogen-bond donors (Lipinski definition) is 1. The van der Waals surface area contributed by atoms with E-state index in [0.717, 1.165) is 35.1 Å². The number of halogens is 1. The first-order chi connectivity index (χ1) is 9.13. The number of hydrogen-bond acceptors (Lipinski definition) is 3. The summed E-state index contributed by atoms with van der Waals surface area (Å²) in [6.45, 7) is 2.71. The van der Waals surface area contributed by atoms with E-state index >= 15 is 0 Å². The van der Waals surface area contributed by atoms with Crippen LogP contribution in [-0.2, 0) is 19.4 Å². The molecular weight excluding hydrogens is 306 g/mol. The van der Waals surface area contributed by atoms with Crippen molar-refractivity contribution >= 4 is 15.9 Å². The summed E-state index contributed by atoms with van der Waals surface area (Å²) in [5, 5.41) is 14.3. The highest BCUT2D eigenvalue weighted by Crippen LogP contribution is 2.22. The quantitative estimate of drug-likeness (QED) is 0.923. The Labute approximate surface area is 120 Å². The third-order valence-electron chi connectivity index (χ3n) is 3.56. The van der Waals surface area contributed by atoms with E-state index in [1.165, 1.54) is 11.1 Å². The molecule has 1 N–H and O–H groups in total. The van der Waals surface area contributed by atoms with Crippen molar-refractivity contribution in [2.75, 3.05) is 0 Å². The Morgan fingerprint density at radius 2 is 2.37 bits per heavy atom. The van der Waals surface area contributed by atoms with Crippen molar-refractivity contribution in [3.63, 3.8) is 0 Å². The Balaban J connectivity index is 1.86. The van der Waals surface area contributed by atoms with Crippen molar-refractivity contribution in [1.82, 2.24) is 14.8 Å². The number of nitrogens with zero attached hydrogens (tertiary/aromatic N) is 3. The fourth-order valence-electron chi connectivity index (χ4n) is 2.48. The molecule has 2 aromatic rings. The third kappa shape index (κ3) is 2.58. The molecule has 0 saturated carbocycles. The average molecular weight is 322 g/mol. The average Bonchev–Trinajstić information content (AvgIpc) is 2.76. The van der Waals surface area contributed by atoms with Gasteiger partial charge in [-0.2, -0.15) is 5.10 Å². The lowest BCUT2D eigenvalue weighted by molar-refractivity contribution is 0.158. The molecule has 3 rings (SSSR count). The summed E-state index contributed by atoms with van der Waals surface area (Å²) < 4.78 is 2.97. The van der Waals surface area contributed by atoms with Crippen LogP contribution in [0.1, 0.15) is 28.9 Å². The number of aromatic nitrogens is 3. The van der Waals surface area contributed by atoms with Crippen LogP contribution in [0.25, 0.3) is 0 Å². The molecule has 0 aromatic carbocycles. The summed E-state index contributed by atoms with van der Waals surface area (Å²) in [4.78, 5) is 4.40. The van der Waals surface area contributed by atoms with Gasteiger partial charge in [-0.3, -0.25) is 9.67 Å². The fourth-order valence-corrected chi connectivity index (χ4v) is 2.84. The van der Waals surface area contributed by atoms with Crippen LogP contribution in [0.5, 0.6) is 0 Å². The molecule has 1 unspecified atom stereocenters. The van der Waals surface area contributed by atoms with Gasteiger partial charge in [-0.15, -0.1) is 0 Å². The van der Waals surface area contributed by atoms with Crippen LogP contribution in [0, 0.1) is 6.92 Å². The number of aliphatic hydroxyl groups is 1. The minimum atomic E-state index is -0.214. The van der Waals surface area contributed by atoms with Crippen molar-refractivity contribution in [3.8, 4) is 0 Å². The molecule has 0 radical (unpaired) electrons. The van der Waals surface area contributed by atoms with Crippen LogP contribution in [0.2, 0.25) is 0 Å². The van der Waals surface area contributed by atoms with Gasteiger partial charge >= 0.3 is 0 Å². The number of aliphatic hydroxyl groups excluding tert-OH is 1. The Hall–Kier alpha value is -1.20. The van der Waals surface area contributed by atoms with Crippen LogP contribution in [0.3, 0.4) is 0 Å². The molecule has 2 heterocycles. The molecule has 0 spiro atoms. The Morgan fingerprint density at radius 1 is 1.53 bits per heavy atom. The fraction of sp³-hybridized carbons (Fsp3) is 0.429. The molecule has 1 atom stereocenters. The van der Waals surface area contributed by atoms with Crippen molar-refractivity contribution in [2.45, 2.75) is 38.8 Å². The van der Waals surface area contributed by atoms with Gasteiger partial charge in [0.05, 0.1) is 24.0 Å². The lowest BCUT2D eigenvalue weighted by Gasteiger charge is -2.14. The number of aryl methyl sites for hydroxylation is 2. The highest BCUT2D eigenvalue weighted by Gasteiger charge is 2.20. The Kier molecular flexibility index (Phi) is 3.41. The van der Waals surface area contributed by atoms with Gasteiger partial charge < -0.3 is 5.11 Å². The predicted octanol–water partition coefficient (Wildman–Crippen LogP) is 2.25. The first-order valence-electron chi connectivity index (χ1n) is 6.46. The van der Waals surface area contributed by atoms with Crippen molar-refractivity contribution in [3.05, 3.63) is 45.4 Å². The molecule has 1 aliphatic carbocycles. The molecule has 0 bridgehead atoms. The molecule has 0 fully saturated rings. The second-order valence-corrected chi connectivity index (χ2v) is 5.88. The molecule has 4 nitrogen and oxygen atoms in total. The zero-order valence-corrected chi connectivity index (χ0v) is 12.4. The largest absolute Gasteiger partial charge is 0.393 e. The van der Waals surface area contributed by atoms with Gasteiger partial charge in [-0.05, 0) is 52.9 Å². The topological polar surface area (TPSA) is 50.9 Å². The van der Waals surface area contributed by atoms with E-state index < -0.39 is 0 Å². The summed E-state index contributed by atoms with van der Waals surface area (Å²) in [6.07, 6.45) is 6.05. The van der Waals surface area contributed by atoms with E-state index in [0.29, 0.717) is 6.54 Å². The first kappa shape index (κ1) is 12.8.